The van der Waals surface area contributed by atoms with E-state index in [9.17, 15) is 16.8 Å². The molecule has 1 aliphatic rings. The lowest BCUT2D eigenvalue weighted by molar-refractivity contribution is 0.509. The van der Waals surface area contributed by atoms with Gasteiger partial charge in [-0.25, -0.2) is 21.6 Å². The van der Waals surface area contributed by atoms with Gasteiger partial charge in [0.05, 0.1) is 0 Å². The maximum absolute atomic E-state index is 11.9. The van der Waals surface area contributed by atoms with Gasteiger partial charge < -0.3 is 5.73 Å². The quantitative estimate of drug-likeness (QED) is 0.789. The Kier molecular flexibility index (Phi) is 4.08. The topological polar surface area (TPSA) is 106 Å². The monoisotopic (exact) mass is 318 g/mol. The smallest absolute Gasteiger partial charge is 0.226 e. The largest absolute Gasteiger partial charge is 0.399 e. The molecule has 20 heavy (non-hydrogen) atoms. The number of hydrogen-bond donors (Lipinski definition) is 2. The summed E-state index contributed by atoms with van der Waals surface area (Å²) < 4.78 is 48.5. The predicted octanol–water partition coefficient (Wildman–Crippen LogP) is 0.568. The molecule has 2 rings (SSSR count). The molecule has 0 bridgehead atoms. The number of anilines is 1. The molecule has 6 nitrogen and oxygen atoms in total. The van der Waals surface area contributed by atoms with Crippen molar-refractivity contribution >= 4 is 25.5 Å². The highest BCUT2D eigenvalue weighted by Crippen LogP contribution is 2.31. The van der Waals surface area contributed by atoms with Gasteiger partial charge in [-0.2, -0.15) is 0 Å². The lowest BCUT2D eigenvalue weighted by atomic mass is 9.88. The maximum atomic E-state index is 11.9. The summed E-state index contributed by atoms with van der Waals surface area (Å²) in [5, 5.41) is -0.888. The van der Waals surface area contributed by atoms with E-state index >= 15 is 0 Å². The molecular formula is C12H18N2O4S2. The Morgan fingerprint density at radius 2 is 2.00 bits per heavy atom. The normalized spacial score (nSPS) is 19.6. The highest BCUT2D eigenvalue weighted by atomic mass is 32.3. The van der Waals surface area contributed by atoms with Gasteiger partial charge in [0.15, 0.2) is 14.9 Å². The SMILES string of the molecule is CS(=O)(=O)CS(=O)(=O)NC1CCCc2cc(N)ccc21. The molecule has 1 unspecified atom stereocenters. The van der Waals surface area contributed by atoms with Crippen LogP contribution in [0, 0.1) is 0 Å². The van der Waals surface area contributed by atoms with Crippen LogP contribution >= 0.6 is 0 Å². The van der Waals surface area contributed by atoms with Crippen molar-refractivity contribution in [3.05, 3.63) is 29.3 Å². The number of nitrogens with one attached hydrogen (secondary N) is 1. The van der Waals surface area contributed by atoms with Crippen molar-refractivity contribution in [2.75, 3.05) is 17.1 Å². The van der Waals surface area contributed by atoms with Crippen molar-refractivity contribution in [3.63, 3.8) is 0 Å². The molecule has 1 aromatic rings. The minimum atomic E-state index is -3.86. The lowest BCUT2D eigenvalue weighted by Crippen LogP contribution is -2.34. The van der Waals surface area contributed by atoms with E-state index in [4.69, 9.17) is 5.73 Å². The molecule has 112 valence electrons. The van der Waals surface area contributed by atoms with Gasteiger partial charge in [-0.3, -0.25) is 0 Å². The Morgan fingerprint density at radius 3 is 2.65 bits per heavy atom. The molecule has 0 fully saturated rings. The van der Waals surface area contributed by atoms with Crippen molar-refractivity contribution < 1.29 is 16.8 Å². The Labute approximate surface area is 119 Å². The number of rotatable bonds is 4. The Hall–Kier alpha value is -1.12. The third-order valence-electron chi connectivity index (χ3n) is 3.17. The minimum absolute atomic E-state index is 0.383. The molecular weight excluding hydrogens is 300 g/mol. The highest BCUT2D eigenvalue weighted by molar-refractivity contribution is 8.06. The first kappa shape index (κ1) is 15.3. The molecule has 1 aliphatic carbocycles. The third kappa shape index (κ3) is 3.94. The number of nitrogen functional groups attached to an aromatic ring is 1. The zero-order chi connectivity index (χ0) is 15.0. The van der Waals surface area contributed by atoms with Crippen LogP contribution in [0.3, 0.4) is 0 Å². The summed E-state index contributed by atoms with van der Waals surface area (Å²) in [5.74, 6) is 0. The fraction of sp³-hybridized carbons (Fsp3) is 0.500. The first-order chi connectivity index (χ1) is 9.16. The van der Waals surface area contributed by atoms with Gasteiger partial charge in [0.1, 0.15) is 0 Å². The van der Waals surface area contributed by atoms with Crippen LogP contribution in [0.4, 0.5) is 5.69 Å². The molecule has 1 atom stereocenters. The van der Waals surface area contributed by atoms with Crippen LogP contribution in [0.1, 0.15) is 30.0 Å². The second-order valence-electron chi connectivity index (χ2n) is 5.18. The fourth-order valence-corrected chi connectivity index (χ4v) is 5.69. The number of hydrogen-bond acceptors (Lipinski definition) is 5. The van der Waals surface area contributed by atoms with E-state index in [-0.39, 0.29) is 6.04 Å². The molecule has 1 aromatic carbocycles. The van der Waals surface area contributed by atoms with E-state index < -0.39 is 24.9 Å². The second kappa shape index (κ2) is 5.34. The van der Waals surface area contributed by atoms with Crippen molar-refractivity contribution in [1.82, 2.24) is 4.72 Å². The van der Waals surface area contributed by atoms with Crippen molar-refractivity contribution in [1.29, 1.82) is 0 Å². The standard InChI is InChI=1S/C12H18N2O4S2/c1-19(15,16)8-20(17,18)14-12-4-2-3-9-7-10(13)5-6-11(9)12/h5-7,12,14H,2-4,8,13H2,1H3. The number of fused-ring (bicyclic) bond motifs is 1. The van der Waals surface area contributed by atoms with E-state index in [1.54, 1.807) is 12.1 Å². The third-order valence-corrected chi connectivity index (χ3v) is 6.77. The van der Waals surface area contributed by atoms with Crippen molar-refractivity contribution in [2.24, 2.45) is 0 Å². The van der Waals surface area contributed by atoms with Crippen LogP contribution in [0.2, 0.25) is 0 Å². The molecule has 0 saturated heterocycles. The highest BCUT2D eigenvalue weighted by Gasteiger charge is 2.26. The van der Waals surface area contributed by atoms with E-state index in [2.05, 4.69) is 4.72 Å². The van der Waals surface area contributed by atoms with Gasteiger partial charge >= 0.3 is 0 Å². The number of sulfone groups is 1. The van der Waals surface area contributed by atoms with Crippen molar-refractivity contribution in [3.8, 4) is 0 Å². The van der Waals surface area contributed by atoms with E-state index in [1.165, 1.54) is 0 Å². The number of aryl methyl sites for hydroxylation is 1. The second-order valence-corrected chi connectivity index (χ2v) is 9.44. The summed E-state index contributed by atoms with van der Waals surface area (Å²) in [5.41, 5.74) is 8.26. The first-order valence-electron chi connectivity index (χ1n) is 6.22. The summed E-state index contributed by atoms with van der Waals surface area (Å²) in [6, 6.07) is 4.98. The summed E-state index contributed by atoms with van der Waals surface area (Å²) in [7, 11) is -7.45. The van der Waals surface area contributed by atoms with Gasteiger partial charge in [-0.15, -0.1) is 0 Å². The van der Waals surface area contributed by atoms with Gasteiger partial charge in [0, 0.05) is 18.0 Å². The molecule has 0 radical (unpaired) electrons. The van der Waals surface area contributed by atoms with Gasteiger partial charge in [-0.05, 0) is 42.5 Å². The zero-order valence-electron chi connectivity index (χ0n) is 11.2. The van der Waals surface area contributed by atoms with E-state index in [1.807, 2.05) is 6.07 Å². The van der Waals surface area contributed by atoms with Gasteiger partial charge in [0.25, 0.3) is 0 Å². The van der Waals surface area contributed by atoms with E-state index in [0.29, 0.717) is 12.1 Å². The lowest BCUT2D eigenvalue weighted by Gasteiger charge is -2.26. The summed E-state index contributed by atoms with van der Waals surface area (Å²) in [6.07, 6.45) is 3.24. The van der Waals surface area contributed by atoms with Crippen LogP contribution in [0.25, 0.3) is 0 Å². The van der Waals surface area contributed by atoms with Crippen molar-refractivity contribution in [2.45, 2.75) is 25.3 Å². The van der Waals surface area contributed by atoms with Crippen LogP contribution in [-0.4, -0.2) is 28.2 Å². The zero-order valence-corrected chi connectivity index (χ0v) is 12.8. The van der Waals surface area contributed by atoms with Crippen LogP contribution in [0.5, 0.6) is 0 Å². The average molecular weight is 318 g/mol. The average Bonchev–Trinajstić information content (AvgIpc) is 2.24. The molecule has 0 saturated carbocycles. The van der Waals surface area contributed by atoms with E-state index in [0.717, 1.165) is 30.2 Å². The molecule has 0 spiro atoms. The molecule has 0 amide bonds. The molecule has 0 aromatic heterocycles. The van der Waals surface area contributed by atoms with Crippen LogP contribution < -0.4 is 10.5 Å². The molecule has 0 heterocycles. The Morgan fingerprint density at radius 1 is 1.30 bits per heavy atom. The predicted molar refractivity (Wildman–Crippen MR) is 78.3 cm³/mol. The summed E-state index contributed by atoms with van der Waals surface area (Å²) in [4.78, 5) is 0. The summed E-state index contributed by atoms with van der Waals surface area (Å²) >= 11 is 0. The minimum Gasteiger partial charge on any atom is -0.399 e. The van der Waals surface area contributed by atoms with Gasteiger partial charge in [-0.1, -0.05) is 6.07 Å². The fourth-order valence-electron chi connectivity index (χ4n) is 2.49. The maximum Gasteiger partial charge on any atom is 0.226 e. The molecule has 0 aliphatic heterocycles. The number of benzene rings is 1. The van der Waals surface area contributed by atoms with Gasteiger partial charge in [0.2, 0.25) is 10.0 Å². The summed E-state index contributed by atoms with van der Waals surface area (Å²) in [6.45, 7) is 0. The number of sulfonamides is 1. The first-order valence-corrected chi connectivity index (χ1v) is 9.94. The van der Waals surface area contributed by atoms with Crippen LogP contribution in [0.15, 0.2) is 18.2 Å². The Bertz CT molecular complexity index is 711. The number of nitrogens with two attached hydrogens (primary N) is 1. The molecule has 3 N–H and O–H groups in total. The van der Waals surface area contributed by atoms with Crippen LogP contribution in [-0.2, 0) is 26.3 Å². The Balaban J connectivity index is 2.25. The molecule has 8 heteroatoms.